The second kappa shape index (κ2) is 6.93. The average Bonchev–Trinajstić information content (AvgIpc) is 3.12. The molecule has 0 aromatic rings. The van der Waals surface area contributed by atoms with Crippen LogP contribution in [0.5, 0.6) is 0 Å². The van der Waals surface area contributed by atoms with E-state index in [9.17, 15) is 0 Å². The molecule has 106 valence electrons. The van der Waals surface area contributed by atoms with Crippen LogP contribution in [0, 0.1) is 23.7 Å². The molecule has 1 heteroatoms. The Balaban J connectivity index is 1.79. The fourth-order valence-electron chi connectivity index (χ4n) is 3.85. The van der Waals surface area contributed by atoms with Crippen LogP contribution in [0.1, 0.15) is 72.1 Å². The molecule has 4 unspecified atom stereocenters. The molecule has 2 fully saturated rings. The Hall–Kier alpha value is -0.0400. The van der Waals surface area contributed by atoms with Gasteiger partial charge in [0.05, 0.1) is 0 Å². The van der Waals surface area contributed by atoms with Crippen molar-refractivity contribution in [2.24, 2.45) is 23.7 Å². The van der Waals surface area contributed by atoms with Crippen LogP contribution in [-0.4, -0.2) is 12.6 Å². The minimum Gasteiger partial charge on any atom is -0.314 e. The Morgan fingerprint density at radius 1 is 1.11 bits per heavy atom. The summed E-state index contributed by atoms with van der Waals surface area (Å²) in [5.41, 5.74) is 0. The van der Waals surface area contributed by atoms with Gasteiger partial charge in [-0.1, -0.05) is 40.0 Å². The van der Waals surface area contributed by atoms with Crippen LogP contribution >= 0.6 is 0 Å². The standard InChI is InChI=1S/C17H33N/c1-4-5-13(2)10-16-11-14(3)6-7-15(16)12-18-17-8-9-17/h13-18H,4-12H2,1-3H3. The van der Waals surface area contributed by atoms with Gasteiger partial charge in [-0.2, -0.15) is 0 Å². The van der Waals surface area contributed by atoms with E-state index in [1.807, 2.05) is 0 Å². The summed E-state index contributed by atoms with van der Waals surface area (Å²) in [6.45, 7) is 8.56. The van der Waals surface area contributed by atoms with Gasteiger partial charge in [-0.25, -0.2) is 0 Å². The summed E-state index contributed by atoms with van der Waals surface area (Å²) in [7, 11) is 0. The van der Waals surface area contributed by atoms with E-state index in [4.69, 9.17) is 0 Å². The predicted molar refractivity (Wildman–Crippen MR) is 79.7 cm³/mol. The SMILES string of the molecule is CCCC(C)CC1CC(C)CCC1CNC1CC1. The lowest BCUT2D eigenvalue weighted by molar-refractivity contribution is 0.155. The van der Waals surface area contributed by atoms with Crippen molar-refractivity contribution in [1.29, 1.82) is 0 Å². The van der Waals surface area contributed by atoms with Crippen molar-refractivity contribution in [3.05, 3.63) is 0 Å². The molecule has 1 N–H and O–H groups in total. The quantitative estimate of drug-likeness (QED) is 0.696. The van der Waals surface area contributed by atoms with E-state index in [-0.39, 0.29) is 0 Å². The molecule has 0 radical (unpaired) electrons. The van der Waals surface area contributed by atoms with Crippen LogP contribution in [-0.2, 0) is 0 Å². The van der Waals surface area contributed by atoms with E-state index >= 15 is 0 Å². The number of hydrogen-bond acceptors (Lipinski definition) is 1. The fourth-order valence-corrected chi connectivity index (χ4v) is 3.85. The number of nitrogens with one attached hydrogen (secondary N) is 1. The molecule has 0 bridgehead atoms. The molecule has 0 amide bonds. The summed E-state index contributed by atoms with van der Waals surface area (Å²) >= 11 is 0. The molecule has 0 aromatic heterocycles. The number of hydrogen-bond donors (Lipinski definition) is 1. The lowest BCUT2D eigenvalue weighted by atomic mass is 9.71. The van der Waals surface area contributed by atoms with E-state index in [0.717, 1.165) is 29.7 Å². The molecule has 18 heavy (non-hydrogen) atoms. The van der Waals surface area contributed by atoms with Crippen molar-refractivity contribution < 1.29 is 0 Å². The molecule has 0 aromatic carbocycles. The topological polar surface area (TPSA) is 12.0 Å². The largest absolute Gasteiger partial charge is 0.314 e. The Bertz CT molecular complexity index is 234. The van der Waals surface area contributed by atoms with Crippen molar-refractivity contribution in [1.82, 2.24) is 5.32 Å². The van der Waals surface area contributed by atoms with Gasteiger partial charge in [-0.15, -0.1) is 0 Å². The third kappa shape index (κ3) is 4.57. The molecule has 2 aliphatic rings. The summed E-state index contributed by atoms with van der Waals surface area (Å²) < 4.78 is 0. The Labute approximate surface area is 114 Å². The van der Waals surface area contributed by atoms with Crippen LogP contribution in [0.15, 0.2) is 0 Å². The lowest BCUT2D eigenvalue weighted by Crippen LogP contribution is -2.34. The molecule has 4 atom stereocenters. The highest BCUT2D eigenvalue weighted by Crippen LogP contribution is 2.38. The molecule has 0 heterocycles. The zero-order chi connectivity index (χ0) is 13.0. The molecule has 1 nitrogen and oxygen atoms in total. The van der Waals surface area contributed by atoms with Gasteiger partial charge in [0.1, 0.15) is 0 Å². The van der Waals surface area contributed by atoms with Gasteiger partial charge in [-0.3, -0.25) is 0 Å². The molecular weight excluding hydrogens is 218 g/mol. The highest BCUT2D eigenvalue weighted by atomic mass is 14.9. The first-order valence-corrected chi connectivity index (χ1v) is 8.42. The van der Waals surface area contributed by atoms with Gasteiger partial charge in [0.25, 0.3) is 0 Å². The third-order valence-electron chi connectivity index (χ3n) is 5.13. The minimum atomic E-state index is 0.887. The van der Waals surface area contributed by atoms with Crippen molar-refractivity contribution in [2.45, 2.75) is 78.2 Å². The van der Waals surface area contributed by atoms with Crippen LogP contribution in [0.3, 0.4) is 0 Å². The van der Waals surface area contributed by atoms with Gasteiger partial charge < -0.3 is 5.32 Å². The maximum absolute atomic E-state index is 3.78. The first-order valence-electron chi connectivity index (χ1n) is 8.42. The van der Waals surface area contributed by atoms with Crippen LogP contribution in [0.4, 0.5) is 0 Å². The van der Waals surface area contributed by atoms with Crippen LogP contribution in [0.25, 0.3) is 0 Å². The predicted octanol–water partition coefficient (Wildman–Crippen LogP) is 4.62. The summed E-state index contributed by atoms with van der Waals surface area (Å²) in [5.74, 6) is 3.89. The molecule has 0 aliphatic heterocycles. The van der Waals surface area contributed by atoms with Gasteiger partial charge in [0.15, 0.2) is 0 Å². The van der Waals surface area contributed by atoms with Crippen LogP contribution < -0.4 is 5.32 Å². The van der Waals surface area contributed by atoms with Gasteiger partial charge in [-0.05, 0) is 62.3 Å². The van der Waals surface area contributed by atoms with Crippen molar-refractivity contribution in [2.75, 3.05) is 6.54 Å². The Morgan fingerprint density at radius 3 is 2.56 bits per heavy atom. The van der Waals surface area contributed by atoms with Crippen molar-refractivity contribution >= 4 is 0 Å². The Morgan fingerprint density at radius 2 is 1.89 bits per heavy atom. The summed E-state index contributed by atoms with van der Waals surface area (Å²) in [6.07, 6.45) is 11.6. The molecule has 0 saturated heterocycles. The normalized spacial score (nSPS) is 34.5. The molecular formula is C17H33N. The van der Waals surface area contributed by atoms with Crippen LogP contribution in [0.2, 0.25) is 0 Å². The molecule has 0 spiro atoms. The Kier molecular flexibility index (Phi) is 5.54. The van der Waals surface area contributed by atoms with E-state index < -0.39 is 0 Å². The van der Waals surface area contributed by atoms with E-state index in [2.05, 4.69) is 26.1 Å². The molecule has 2 rings (SSSR count). The maximum Gasteiger partial charge on any atom is 0.00683 e. The molecule has 2 aliphatic carbocycles. The van der Waals surface area contributed by atoms with Gasteiger partial charge in [0.2, 0.25) is 0 Å². The van der Waals surface area contributed by atoms with Crippen molar-refractivity contribution in [3.8, 4) is 0 Å². The monoisotopic (exact) mass is 251 g/mol. The van der Waals surface area contributed by atoms with E-state index in [1.54, 1.807) is 0 Å². The smallest absolute Gasteiger partial charge is 0.00683 e. The van der Waals surface area contributed by atoms with Gasteiger partial charge >= 0.3 is 0 Å². The third-order valence-corrected chi connectivity index (χ3v) is 5.13. The maximum atomic E-state index is 3.78. The fraction of sp³-hybridized carbons (Fsp3) is 1.00. The zero-order valence-corrected chi connectivity index (χ0v) is 12.8. The van der Waals surface area contributed by atoms with Crippen molar-refractivity contribution in [3.63, 3.8) is 0 Å². The highest BCUT2D eigenvalue weighted by Gasteiger charge is 2.31. The second-order valence-corrected chi connectivity index (χ2v) is 7.25. The van der Waals surface area contributed by atoms with Gasteiger partial charge in [0, 0.05) is 6.04 Å². The molecule has 2 saturated carbocycles. The average molecular weight is 251 g/mol. The second-order valence-electron chi connectivity index (χ2n) is 7.25. The highest BCUT2D eigenvalue weighted by molar-refractivity contribution is 4.86. The lowest BCUT2D eigenvalue weighted by Gasteiger charge is -2.36. The number of rotatable bonds is 7. The zero-order valence-electron chi connectivity index (χ0n) is 12.8. The first kappa shape index (κ1) is 14.4. The van der Waals surface area contributed by atoms with E-state index in [0.29, 0.717) is 0 Å². The summed E-state index contributed by atoms with van der Waals surface area (Å²) in [6, 6.07) is 0.887. The summed E-state index contributed by atoms with van der Waals surface area (Å²) in [5, 5.41) is 3.78. The summed E-state index contributed by atoms with van der Waals surface area (Å²) in [4.78, 5) is 0. The minimum absolute atomic E-state index is 0.887. The first-order chi connectivity index (χ1) is 8.69. The van der Waals surface area contributed by atoms with E-state index in [1.165, 1.54) is 57.9 Å².